The van der Waals surface area contributed by atoms with Crippen LogP contribution in [-0.4, -0.2) is 22.2 Å². The molecule has 0 aliphatic heterocycles. The zero-order chi connectivity index (χ0) is 21.1. The van der Waals surface area contributed by atoms with Gasteiger partial charge in [0.1, 0.15) is 30.4 Å². The average Bonchev–Trinajstić information content (AvgIpc) is 3.38. The number of aliphatic hydroxyl groups is 1. The van der Waals surface area contributed by atoms with E-state index >= 15 is 0 Å². The van der Waals surface area contributed by atoms with E-state index in [2.05, 4.69) is 22.3 Å². The molecule has 1 aliphatic carbocycles. The number of aliphatic hydroxyl groups excluding tert-OH is 1. The van der Waals surface area contributed by atoms with Crippen LogP contribution in [0.3, 0.4) is 0 Å². The Hall–Kier alpha value is -2.92. The maximum Gasteiger partial charge on any atom is 0.253 e. The van der Waals surface area contributed by atoms with Crippen molar-refractivity contribution in [2.45, 2.75) is 44.2 Å². The number of nitrogens with zero attached hydrogens (tertiary/aromatic N) is 2. The molecule has 4 rings (SSSR count). The Balaban J connectivity index is 1.75. The van der Waals surface area contributed by atoms with Crippen molar-refractivity contribution in [2.75, 3.05) is 6.61 Å². The summed E-state index contributed by atoms with van der Waals surface area (Å²) >= 11 is 0. The number of imidazole rings is 1. The van der Waals surface area contributed by atoms with Crippen molar-refractivity contribution in [3.63, 3.8) is 0 Å². The van der Waals surface area contributed by atoms with Crippen molar-refractivity contribution in [1.82, 2.24) is 4.57 Å². The second kappa shape index (κ2) is 8.44. The highest BCUT2D eigenvalue weighted by atomic mass is 16.3. The van der Waals surface area contributed by atoms with Gasteiger partial charge in [-0.1, -0.05) is 60.7 Å². The Morgan fingerprint density at radius 1 is 1.10 bits per heavy atom. The van der Waals surface area contributed by atoms with E-state index in [0.717, 1.165) is 36.2 Å². The smallest absolute Gasteiger partial charge is 0.253 e. The molecule has 1 aromatic heterocycles. The molecule has 1 saturated carbocycles. The van der Waals surface area contributed by atoms with Crippen molar-refractivity contribution >= 4 is 5.91 Å². The number of primary amides is 1. The van der Waals surface area contributed by atoms with E-state index in [1.165, 1.54) is 0 Å². The van der Waals surface area contributed by atoms with Crippen molar-refractivity contribution in [3.8, 4) is 0 Å². The molecular weight excluding hydrogens is 374 g/mol. The van der Waals surface area contributed by atoms with Crippen molar-refractivity contribution in [3.05, 3.63) is 90.0 Å². The largest absolute Gasteiger partial charge is 0.392 e. The van der Waals surface area contributed by atoms with Crippen LogP contribution in [0.15, 0.2) is 73.1 Å². The predicted octanol–water partition coefficient (Wildman–Crippen LogP) is 2.89. The number of carbonyl (C=O) groups excluding carboxylic acids is 1. The molecule has 0 bridgehead atoms. The molecule has 3 aromatic rings. The minimum Gasteiger partial charge on any atom is -0.392 e. The first kappa shape index (κ1) is 20.4. The quantitative estimate of drug-likeness (QED) is 0.595. The summed E-state index contributed by atoms with van der Waals surface area (Å²) in [6.45, 7) is 2.79. The molecule has 0 unspecified atom stereocenters. The Kier molecular flexibility index (Phi) is 5.73. The third-order valence-corrected chi connectivity index (χ3v) is 6.80. The Bertz CT molecular complexity index is 958. The minimum atomic E-state index is -0.848. The van der Waals surface area contributed by atoms with E-state index in [9.17, 15) is 9.90 Å². The lowest BCUT2D eigenvalue weighted by molar-refractivity contribution is -0.703. The molecule has 156 valence electrons. The maximum absolute atomic E-state index is 13.2. The van der Waals surface area contributed by atoms with Gasteiger partial charge >= 0.3 is 0 Å². The lowest BCUT2D eigenvalue weighted by atomic mass is 9.64. The lowest BCUT2D eigenvalue weighted by Gasteiger charge is -2.37. The number of hydrogen-bond acceptors (Lipinski definition) is 2. The second-order valence-electron chi connectivity index (χ2n) is 8.24. The second-order valence-corrected chi connectivity index (χ2v) is 8.24. The molecule has 1 heterocycles. The van der Waals surface area contributed by atoms with Crippen molar-refractivity contribution in [1.29, 1.82) is 0 Å². The van der Waals surface area contributed by atoms with Crippen LogP contribution in [0.25, 0.3) is 0 Å². The normalized spacial score (nSPS) is 19.1. The number of rotatable bonds is 7. The first-order valence-electron chi connectivity index (χ1n) is 10.7. The summed E-state index contributed by atoms with van der Waals surface area (Å²) in [5, 5.41) is 9.30. The maximum atomic E-state index is 13.2. The van der Waals surface area contributed by atoms with Gasteiger partial charge in [0.2, 0.25) is 5.91 Å². The van der Waals surface area contributed by atoms with Crippen LogP contribution in [0.5, 0.6) is 0 Å². The Morgan fingerprint density at radius 2 is 1.70 bits per heavy atom. The average molecular weight is 405 g/mol. The molecule has 0 saturated heterocycles. The van der Waals surface area contributed by atoms with E-state index in [1.807, 2.05) is 66.9 Å². The molecule has 1 aliphatic rings. The predicted molar refractivity (Wildman–Crippen MR) is 116 cm³/mol. The van der Waals surface area contributed by atoms with Gasteiger partial charge in [-0.25, -0.2) is 9.13 Å². The first-order valence-corrected chi connectivity index (χ1v) is 10.7. The summed E-state index contributed by atoms with van der Waals surface area (Å²) in [6.07, 6.45) is 6.91. The summed E-state index contributed by atoms with van der Waals surface area (Å²) in [5.41, 5.74) is 7.28. The van der Waals surface area contributed by atoms with Gasteiger partial charge in [-0.15, -0.1) is 0 Å². The molecule has 1 amide bonds. The molecule has 2 aromatic carbocycles. The van der Waals surface area contributed by atoms with Gasteiger partial charge in [-0.05, 0) is 36.3 Å². The van der Waals surface area contributed by atoms with Crippen LogP contribution in [0.2, 0.25) is 0 Å². The number of amides is 1. The molecule has 0 spiro atoms. The van der Waals surface area contributed by atoms with Gasteiger partial charge in [-0.2, -0.15) is 0 Å². The molecule has 2 atom stereocenters. The van der Waals surface area contributed by atoms with Gasteiger partial charge in [-0.3, -0.25) is 4.79 Å². The third-order valence-electron chi connectivity index (χ3n) is 6.80. The lowest BCUT2D eigenvalue weighted by Crippen LogP contribution is -2.47. The zero-order valence-electron chi connectivity index (χ0n) is 17.4. The molecule has 1 fully saturated rings. The Morgan fingerprint density at radius 3 is 2.23 bits per heavy atom. The van der Waals surface area contributed by atoms with Crippen LogP contribution in [-0.2, 0) is 16.8 Å². The van der Waals surface area contributed by atoms with Crippen LogP contribution in [0.1, 0.15) is 42.3 Å². The minimum absolute atomic E-state index is 0.109. The van der Waals surface area contributed by atoms with Crippen molar-refractivity contribution < 1.29 is 14.5 Å². The summed E-state index contributed by atoms with van der Waals surface area (Å²) in [6, 6.07) is 20.3. The fourth-order valence-corrected chi connectivity index (χ4v) is 5.38. The third kappa shape index (κ3) is 3.33. The van der Waals surface area contributed by atoms with E-state index < -0.39 is 5.41 Å². The first-order chi connectivity index (χ1) is 14.6. The number of carbonyl (C=O) groups is 1. The van der Waals surface area contributed by atoms with E-state index in [0.29, 0.717) is 12.6 Å². The van der Waals surface area contributed by atoms with Crippen molar-refractivity contribution in [2.24, 2.45) is 11.7 Å². The van der Waals surface area contributed by atoms with E-state index in [1.54, 1.807) is 0 Å². The standard InChI is InChI=1S/C25H29N3O2/c1-19-27(16-17-29)14-15-28(19)23-13-12-22(18-23)25(24(26)30,20-8-4-2-5-9-20)21-10-6-3-7-11-21/h2-11,14-15,22-23,29H,12-13,16-18H2,1H3,(H-,26,30)/p+1/t22-,23+/m0/s1. The highest BCUT2D eigenvalue weighted by Gasteiger charge is 2.51. The van der Waals surface area contributed by atoms with E-state index in [4.69, 9.17) is 5.73 Å². The highest BCUT2D eigenvalue weighted by molar-refractivity contribution is 5.91. The fraction of sp³-hybridized carbons (Fsp3) is 0.360. The van der Waals surface area contributed by atoms with Crippen LogP contribution < -0.4 is 10.3 Å². The summed E-state index contributed by atoms with van der Waals surface area (Å²) in [7, 11) is 0. The van der Waals surface area contributed by atoms with Gasteiger partial charge in [0, 0.05) is 6.92 Å². The van der Waals surface area contributed by atoms with Gasteiger partial charge in [0.15, 0.2) is 0 Å². The van der Waals surface area contributed by atoms with E-state index in [-0.39, 0.29) is 18.4 Å². The number of aromatic nitrogens is 2. The Labute approximate surface area is 177 Å². The molecule has 30 heavy (non-hydrogen) atoms. The zero-order valence-corrected chi connectivity index (χ0v) is 17.4. The van der Waals surface area contributed by atoms with Gasteiger partial charge in [0.05, 0.1) is 6.61 Å². The monoisotopic (exact) mass is 404 g/mol. The number of nitrogens with two attached hydrogens (primary N) is 1. The molecule has 3 N–H and O–H groups in total. The van der Waals surface area contributed by atoms with Gasteiger partial charge < -0.3 is 10.8 Å². The molecular formula is C25H30N3O2+. The highest BCUT2D eigenvalue weighted by Crippen LogP contribution is 2.49. The molecule has 0 radical (unpaired) electrons. The fourth-order valence-electron chi connectivity index (χ4n) is 5.38. The van der Waals surface area contributed by atoms with Crippen LogP contribution in [0, 0.1) is 12.8 Å². The molecule has 5 heteroatoms. The SMILES string of the molecule is Cc1n([C@@H]2CC[C@H](C(C(N)=O)(c3ccccc3)c3ccccc3)C2)cc[n+]1CCO. The number of hydrogen-bond donors (Lipinski definition) is 2. The summed E-state index contributed by atoms with van der Waals surface area (Å²) in [4.78, 5) is 13.2. The molecule has 5 nitrogen and oxygen atoms in total. The summed E-state index contributed by atoms with van der Waals surface area (Å²) in [5.74, 6) is 0.946. The summed E-state index contributed by atoms with van der Waals surface area (Å²) < 4.78 is 4.36. The van der Waals surface area contributed by atoms with Crippen LogP contribution in [0.4, 0.5) is 0 Å². The number of benzene rings is 2. The van der Waals surface area contributed by atoms with Crippen LogP contribution >= 0.6 is 0 Å². The topological polar surface area (TPSA) is 72.1 Å². The van der Waals surface area contributed by atoms with Gasteiger partial charge in [0.25, 0.3) is 5.82 Å².